The number of aliphatic hydroxyl groups excluding tert-OH is 1. The van der Waals surface area contributed by atoms with Crippen LogP contribution in [0.25, 0.3) is 11.5 Å². The molecule has 1 heterocycles. The lowest BCUT2D eigenvalue weighted by molar-refractivity contribution is 0.102. The van der Waals surface area contributed by atoms with E-state index in [2.05, 4.69) is 15.5 Å². The first-order valence-corrected chi connectivity index (χ1v) is 7.08. The maximum absolute atomic E-state index is 12.6. The second kappa shape index (κ2) is 6.41. The fraction of sp³-hybridized carbons (Fsp3) is 0.118. The summed E-state index contributed by atoms with van der Waals surface area (Å²) in [5, 5.41) is 15.7. The molecule has 1 amide bonds. The Balaban J connectivity index is 1.91. The molecular weight excluding hydrogens is 294 g/mol. The number of nitrogens with one attached hydrogen (secondary N) is 1. The molecule has 3 rings (SSSR count). The average Bonchev–Trinajstić information content (AvgIpc) is 3.01. The van der Waals surface area contributed by atoms with Crippen molar-refractivity contribution < 1.29 is 14.4 Å². The lowest BCUT2D eigenvalue weighted by atomic mass is 10.1. The number of benzene rings is 2. The molecule has 2 aromatic carbocycles. The Morgan fingerprint density at radius 2 is 2.04 bits per heavy atom. The zero-order valence-corrected chi connectivity index (χ0v) is 12.5. The third-order valence-corrected chi connectivity index (χ3v) is 3.30. The van der Waals surface area contributed by atoms with Gasteiger partial charge in [0.25, 0.3) is 11.8 Å². The summed E-state index contributed by atoms with van der Waals surface area (Å²) in [6.45, 7) is 1.64. The number of rotatable bonds is 4. The van der Waals surface area contributed by atoms with Crippen molar-refractivity contribution >= 4 is 11.6 Å². The molecular formula is C17H15N3O3. The predicted molar refractivity (Wildman–Crippen MR) is 84.8 cm³/mol. The van der Waals surface area contributed by atoms with E-state index < -0.39 is 0 Å². The van der Waals surface area contributed by atoms with E-state index in [0.717, 1.165) is 5.56 Å². The third kappa shape index (κ3) is 3.27. The number of aromatic nitrogens is 2. The van der Waals surface area contributed by atoms with Crippen LogP contribution in [-0.2, 0) is 6.61 Å². The predicted octanol–water partition coefficient (Wildman–Crippen LogP) is 2.79. The van der Waals surface area contributed by atoms with Crippen LogP contribution in [0.15, 0.2) is 53.1 Å². The van der Waals surface area contributed by atoms with Gasteiger partial charge in [-0.15, -0.1) is 0 Å². The van der Waals surface area contributed by atoms with Crippen molar-refractivity contribution in [2.45, 2.75) is 13.5 Å². The highest BCUT2D eigenvalue weighted by Gasteiger charge is 2.16. The Bertz CT molecular complexity index is 842. The van der Waals surface area contributed by atoms with Crippen molar-refractivity contribution in [2.75, 3.05) is 5.32 Å². The third-order valence-electron chi connectivity index (χ3n) is 3.30. The zero-order chi connectivity index (χ0) is 16.2. The van der Waals surface area contributed by atoms with E-state index in [0.29, 0.717) is 28.5 Å². The lowest BCUT2D eigenvalue weighted by Crippen LogP contribution is -2.13. The van der Waals surface area contributed by atoms with Gasteiger partial charge in [0.05, 0.1) is 17.7 Å². The van der Waals surface area contributed by atoms with E-state index in [9.17, 15) is 4.79 Å². The molecule has 23 heavy (non-hydrogen) atoms. The lowest BCUT2D eigenvalue weighted by Gasteiger charge is -2.08. The molecule has 116 valence electrons. The van der Waals surface area contributed by atoms with Crippen LogP contribution in [-0.4, -0.2) is 21.2 Å². The summed E-state index contributed by atoms with van der Waals surface area (Å²) in [6, 6.07) is 14.1. The van der Waals surface area contributed by atoms with Gasteiger partial charge >= 0.3 is 0 Å². The van der Waals surface area contributed by atoms with Gasteiger partial charge in [-0.3, -0.25) is 4.79 Å². The summed E-state index contributed by atoms with van der Waals surface area (Å²) in [4.78, 5) is 16.7. The minimum atomic E-state index is -0.286. The molecule has 1 aromatic heterocycles. The van der Waals surface area contributed by atoms with Gasteiger partial charge in [0.15, 0.2) is 5.82 Å². The Morgan fingerprint density at radius 1 is 1.22 bits per heavy atom. The number of hydrogen-bond donors (Lipinski definition) is 2. The molecule has 2 N–H and O–H groups in total. The van der Waals surface area contributed by atoms with Gasteiger partial charge in [0.2, 0.25) is 0 Å². The Morgan fingerprint density at radius 3 is 2.78 bits per heavy atom. The van der Waals surface area contributed by atoms with Crippen LogP contribution in [0.4, 0.5) is 5.69 Å². The van der Waals surface area contributed by atoms with Crippen LogP contribution in [0.5, 0.6) is 0 Å². The number of carbonyl (C=O) groups excluding carboxylic acids is 1. The molecule has 0 aliphatic heterocycles. The summed E-state index contributed by atoms with van der Waals surface area (Å²) in [7, 11) is 0. The van der Waals surface area contributed by atoms with Crippen LogP contribution in [0.1, 0.15) is 21.7 Å². The van der Waals surface area contributed by atoms with Gasteiger partial charge in [-0.2, -0.15) is 4.98 Å². The Kier molecular flexibility index (Phi) is 4.16. The highest BCUT2D eigenvalue weighted by Crippen LogP contribution is 2.23. The fourth-order valence-corrected chi connectivity index (χ4v) is 2.22. The molecule has 0 saturated carbocycles. The second-order valence-electron chi connectivity index (χ2n) is 5.00. The molecule has 0 bridgehead atoms. The van der Waals surface area contributed by atoms with Crippen molar-refractivity contribution in [1.29, 1.82) is 0 Å². The number of hydrogen-bond acceptors (Lipinski definition) is 5. The van der Waals surface area contributed by atoms with Crippen molar-refractivity contribution in [3.8, 4) is 11.5 Å². The summed E-state index contributed by atoms with van der Waals surface area (Å²) < 4.78 is 5.15. The van der Waals surface area contributed by atoms with E-state index in [1.165, 1.54) is 0 Å². The van der Waals surface area contributed by atoms with E-state index in [1.807, 2.05) is 0 Å². The maximum Gasteiger partial charge on any atom is 0.258 e. The minimum absolute atomic E-state index is 0.0818. The number of nitrogens with zero attached hydrogens (tertiary/aromatic N) is 2. The van der Waals surface area contributed by atoms with Gasteiger partial charge in [-0.05, 0) is 36.8 Å². The van der Waals surface area contributed by atoms with Gasteiger partial charge in [0, 0.05) is 5.69 Å². The standard InChI is InChI=1S/C17H15N3O3/c1-11-18-17(23-20-11)15-8-3-2-7-14(15)16(22)19-13-6-4-5-12(9-13)10-21/h2-9,21H,10H2,1H3,(H,19,22). The second-order valence-corrected chi connectivity index (χ2v) is 5.00. The maximum atomic E-state index is 12.6. The largest absolute Gasteiger partial charge is 0.392 e. The first-order valence-electron chi connectivity index (χ1n) is 7.08. The summed E-state index contributed by atoms with van der Waals surface area (Å²) in [5.74, 6) is 0.523. The highest BCUT2D eigenvalue weighted by molar-refractivity contribution is 6.08. The van der Waals surface area contributed by atoms with Crippen molar-refractivity contribution in [2.24, 2.45) is 0 Å². The van der Waals surface area contributed by atoms with Crippen LogP contribution in [0.3, 0.4) is 0 Å². The van der Waals surface area contributed by atoms with Crippen LogP contribution >= 0.6 is 0 Å². The average molecular weight is 309 g/mol. The Labute approximate surface area is 132 Å². The van der Waals surface area contributed by atoms with E-state index in [-0.39, 0.29) is 12.5 Å². The summed E-state index contributed by atoms with van der Waals surface area (Å²) in [6.07, 6.45) is 0. The molecule has 0 saturated heterocycles. The van der Waals surface area contributed by atoms with E-state index in [1.54, 1.807) is 55.5 Å². The van der Waals surface area contributed by atoms with Gasteiger partial charge in [-0.25, -0.2) is 0 Å². The molecule has 0 radical (unpaired) electrons. The smallest absolute Gasteiger partial charge is 0.258 e. The fourth-order valence-electron chi connectivity index (χ4n) is 2.22. The topological polar surface area (TPSA) is 88.2 Å². The van der Waals surface area contributed by atoms with Crippen molar-refractivity contribution in [1.82, 2.24) is 10.1 Å². The van der Waals surface area contributed by atoms with Crippen LogP contribution in [0.2, 0.25) is 0 Å². The van der Waals surface area contributed by atoms with E-state index >= 15 is 0 Å². The first kappa shape index (κ1) is 14.9. The molecule has 0 atom stereocenters. The molecule has 0 spiro atoms. The molecule has 3 aromatic rings. The molecule has 0 aliphatic carbocycles. The highest BCUT2D eigenvalue weighted by atomic mass is 16.5. The zero-order valence-electron chi connectivity index (χ0n) is 12.5. The quantitative estimate of drug-likeness (QED) is 0.773. The molecule has 6 nitrogen and oxygen atoms in total. The summed E-state index contributed by atoms with van der Waals surface area (Å²) in [5.41, 5.74) is 2.34. The Hall–Kier alpha value is -2.99. The van der Waals surface area contributed by atoms with E-state index in [4.69, 9.17) is 9.63 Å². The van der Waals surface area contributed by atoms with Gasteiger partial charge in [-0.1, -0.05) is 29.4 Å². The number of aliphatic hydroxyl groups is 1. The molecule has 0 fully saturated rings. The monoisotopic (exact) mass is 309 g/mol. The first-order chi connectivity index (χ1) is 11.2. The molecule has 0 unspecified atom stereocenters. The van der Waals surface area contributed by atoms with Gasteiger partial charge in [0.1, 0.15) is 0 Å². The van der Waals surface area contributed by atoms with Crippen LogP contribution < -0.4 is 5.32 Å². The summed E-state index contributed by atoms with van der Waals surface area (Å²) >= 11 is 0. The number of amides is 1. The molecule has 0 aliphatic rings. The SMILES string of the molecule is Cc1noc(-c2ccccc2C(=O)Nc2cccc(CO)c2)n1. The number of anilines is 1. The minimum Gasteiger partial charge on any atom is -0.392 e. The van der Waals surface area contributed by atoms with Crippen molar-refractivity contribution in [3.63, 3.8) is 0 Å². The number of carbonyl (C=O) groups is 1. The normalized spacial score (nSPS) is 10.5. The van der Waals surface area contributed by atoms with Crippen molar-refractivity contribution in [3.05, 3.63) is 65.5 Å². The van der Waals surface area contributed by atoms with Gasteiger partial charge < -0.3 is 14.9 Å². The molecule has 6 heteroatoms. The van der Waals surface area contributed by atoms with Crippen LogP contribution in [0, 0.1) is 6.92 Å². The number of aryl methyl sites for hydroxylation is 1.